The minimum Gasteiger partial charge on any atom is -0.497 e. The molecule has 0 aliphatic heterocycles. The number of aromatic nitrogens is 4. The number of benzene rings is 1. The summed E-state index contributed by atoms with van der Waals surface area (Å²) in [6, 6.07) is 13.4. The maximum Gasteiger partial charge on any atom is 0.222 e. The summed E-state index contributed by atoms with van der Waals surface area (Å²) in [4.78, 5) is 8.60. The van der Waals surface area contributed by atoms with Gasteiger partial charge in [-0.3, -0.25) is 4.68 Å². The molecule has 154 valence electrons. The molecule has 0 amide bonds. The standard InChI is InChI=1S/C23H24FN5O/c1-14(2)29-20-12-19(26-13-16-7-9-17(30-4)10-8-16)22(27-21(20)15(3)28-29)18-6-5-11-25-23(18)24/h5-12,14,26H,13H2,1-4H3. The van der Waals surface area contributed by atoms with Crippen LogP contribution in [0.25, 0.3) is 22.3 Å². The van der Waals surface area contributed by atoms with E-state index in [2.05, 4.69) is 29.2 Å². The first-order valence-corrected chi connectivity index (χ1v) is 9.85. The lowest BCUT2D eigenvalue weighted by Gasteiger charge is -2.14. The largest absolute Gasteiger partial charge is 0.497 e. The molecule has 0 unspecified atom stereocenters. The molecule has 1 aromatic carbocycles. The van der Waals surface area contributed by atoms with Crippen LogP contribution < -0.4 is 10.1 Å². The van der Waals surface area contributed by atoms with Crippen LogP contribution in [0.1, 0.15) is 31.1 Å². The second-order valence-corrected chi connectivity index (χ2v) is 7.42. The molecule has 3 aromatic heterocycles. The zero-order valence-corrected chi connectivity index (χ0v) is 17.5. The van der Waals surface area contributed by atoms with E-state index in [0.717, 1.165) is 33.7 Å². The fourth-order valence-corrected chi connectivity index (χ4v) is 3.44. The number of fused-ring (bicyclic) bond motifs is 1. The maximum atomic E-state index is 14.5. The summed E-state index contributed by atoms with van der Waals surface area (Å²) in [5.41, 5.74) is 5.16. The van der Waals surface area contributed by atoms with Crippen LogP contribution in [0.4, 0.5) is 10.1 Å². The zero-order chi connectivity index (χ0) is 21.3. The third kappa shape index (κ3) is 3.70. The minimum absolute atomic E-state index is 0.179. The molecule has 4 aromatic rings. The molecule has 0 spiro atoms. The highest BCUT2D eigenvalue weighted by Crippen LogP contribution is 2.33. The highest BCUT2D eigenvalue weighted by atomic mass is 19.1. The molecule has 0 saturated heterocycles. The molecule has 0 aliphatic carbocycles. The minimum atomic E-state index is -0.550. The number of methoxy groups -OCH3 is 1. The van der Waals surface area contributed by atoms with Gasteiger partial charge in [0.25, 0.3) is 0 Å². The number of ether oxygens (including phenoxy) is 1. The lowest BCUT2D eigenvalue weighted by atomic mass is 10.1. The van der Waals surface area contributed by atoms with Crippen LogP contribution in [0, 0.1) is 12.9 Å². The van der Waals surface area contributed by atoms with Gasteiger partial charge in [0, 0.05) is 18.8 Å². The van der Waals surface area contributed by atoms with E-state index in [4.69, 9.17) is 9.72 Å². The van der Waals surface area contributed by atoms with Gasteiger partial charge in [-0.2, -0.15) is 9.49 Å². The summed E-state index contributed by atoms with van der Waals surface area (Å²) >= 11 is 0. The summed E-state index contributed by atoms with van der Waals surface area (Å²) in [6.07, 6.45) is 1.43. The van der Waals surface area contributed by atoms with Crippen molar-refractivity contribution in [2.24, 2.45) is 0 Å². The average molecular weight is 405 g/mol. The number of hydrogen-bond donors (Lipinski definition) is 1. The zero-order valence-electron chi connectivity index (χ0n) is 17.5. The van der Waals surface area contributed by atoms with Gasteiger partial charge in [0.15, 0.2) is 0 Å². The number of hydrogen-bond acceptors (Lipinski definition) is 5. The molecule has 6 nitrogen and oxygen atoms in total. The summed E-state index contributed by atoms with van der Waals surface area (Å²) in [6.45, 7) is 6.62. The highest BCUT2D eigenvalue weighted by molar-refractivity contribution is 5.88. The van der Waals surface area contributed by atoms with Gasteiger partial charge in [0.2, 0.25) is 5.95 Å². The van der Waals surface area contributed by atoms with E-state index in [9.17, 15) is 4.39 Å². The summed E-state index contributed by atoms with van der Waals surface area (Å²) < 4.78 is 21.7. The van der Waals surface area contributed by atoms with Crippen molar-refractivity contribution in [3.63, 3.8) is 0 Å². The molecular formula is C23H24FN5O. The molecule has 0 bridgehead atoms. The first-order chi connectivity index (χ1) is 14.5. The maximum absolute atomic E-state index is 14.5. The van der Waals surface area contributed by atoms with E-state index in [1.54, 1.807) is 19.2 Å². The Morgan fingerprint density at radius 2 is 1.93 bits per heavy atom. The lowest BCUT2D eigenvalue weighted by Crippen LogP contribution is -2.06. The predicted molar refractivity (Wildman–Crippen MR) is 116 cm³/mol. The Bertz CT molecular complexity index is 1180. The number of halogens is 1. The van der Waals surface area contributed by atoms with Crippen molar-refractivity contribution in [1.82, 2.24) is 19.7 Å². The predicted octanol–water partition coefficient (Wildman–Crippen LogP) is 5.14. The molecule has 3 heterocycles. The number of nitrogens with one attached hydrogen (secondary N) is 1. The first kappa shape index (κ1) is 19.8. The third-order valence-electron chi connectivity index (χ3n) is 5.00. The van der Waals surface area contributed by atoms with E-state index in [1.807, 2.05) is 41.9 Å². The quantitative estimate of drug-likeness (QED) is 0.450. The fourth-order valence-electron chi connectivity index (χ4n) is 3.44. The van der Waals surface area contributed by atoms with Crippen molar-refractivity contribution in [2.75, 3.05) is 12.4 Å². The number of nitrogens with zero attached hydrogens (tertiary/aromatic N) is 4. The van der Waals surface area contributed by atoms with Crippen LogP contribution in [0.3, 0.4) is 0 Å². The molecule has 4 rings (SSSR count). The van der Waals surface area contributed by atoms with Crippen LogP contribution >= 0.6 is 0 Å². The van der Waals surface area contributed by atoms with E-state index in [-0.39, 0.29) is 6.04 Å². The fraction of sp³-hybridized carbons (Fsp3) is 0.261. The molecule has 7 heteroatoms. The molecule has 30 heavy (non-hydrogen) atoms. The average Bonchev–Trinajstić information content (AvgIpc) is 3.08. The van der Waals surface area contributed by atoms with E-state index in [1.165, 1.54) is 6.20 Å². The molecule has 0 saturated carbocycles. The Morgan fingerprint density at radius 3 is 2.60 bits per heavy atom. The second-order valence-electron chi connectivity index (χ2n) is 7.42. The Balaban J connectivity index is 1.81. The Morgan fingerprint density at radius 1 is 1.17 bits per heavy atom. The summed E-state index contributed by atoms with van der Waals surface area (Å²) in [7, 11) is 1.64. The monoisotopic (exact) mass is 405 g/mol. The van der Waals surface area contributed by atoms with Gasteiger partial charge in [-0.25, -0.2) is 9.97 Å². The number of rotatable bonds is 6. The van der Waals surface area contributed by atoms with Crippen molar-refractivity contribution < 1.29 is 9.13 Å². The van der Waals surface area contributed by atoms with Crippen LogP contribution in [0.5, 0.6) is 5.75 Å². The molecular weight excluding hydrogens is 381 g/mol. The molecule has 0 fully saturated rings. The molecule has 1 N–H and O–H groups in total. The van der Waals surface area contributed by atoms with Crippen LogP contribution in [0.15, 0.2) is 48.7 Å². The van der Waals surface area contributed by atoms with Gasteiger partial charge in [0.05, 0.1) is 35.3 Å². The van der Waals surface area contributed by atoms with Gasteiger partial charge in [-0.05, 0) is 56.7 Å². The van der Waals surface area contributed by atoms with Gasteiger partial charge in [0.1, 0.15) is 11.3 Å². The normalized spacial score (nSPS) is 11.3. The smallest absolute Gasteiger partial charge is 0.222 e. The van der Waals surface area contributed by atoms with Crippen molar-refractivity contribution >= 4 is 16.7 Å². The summed E-state index contributed by atoms with van der Waals surface area (Å²) in [5.74, 6) is 0.252. The highest BCUT2D eigenvalue weighted by Gasteiger charge is 2.18. The van der Waals surface area contributed by atoms with E-state index >= 15 is 0 Å². The van der Waals surface area contributed by atoms with Crippen molar-refractivity contribution in [2.45, 2.75) is 33.4 Å². The molecule has 0 aliphatic rings. The van der Waals surface area contributed by atoms with Crippen molar-refractivity contribution in [3.05, 3.63) is 65.9 Å². The lowest BCUT2D eigenvalue weighted by molar-refractivity contribution is 0.414. The second kappa shape index (κ2) is 8.10. The van der Waals surface area contributed by atoms with E-state index < -0.39 is 5.95 Å². The Labute approximate surface area is 174 Å². The van der Waals surface area contributed by atoms with Gasteiger partial charge in [-0.15, -0.1) is 0 Å². The third-order valence-corrected chi connectivity index (χ3v) is 5.00. The summed E-state index contributed by atoms with van der Waals surface area (Å²) in [5, 5.41) is 8.05. The number of anilines is 1. The topological polar surface area (TPSA) is 64.9 Å². The number of pyridine rings is 2. The van der Waals surface area contributed by atoms with Crippen LogP contribution in [0.2, 0.25) is 0 Å². The van der Waals surface area contributed by atoms with Crippen molar-refractivity contribution in [3.8, 4) is 17.0 Å². The van der Waals surface area contributed by atoms with Crippen LogP contribution in [-0.4, -0.2) is 26.9 Å². The Kier molecular flexibility index (Phi) is 5.35. The van der Waals surface area contributed by atoms with Gasteiger partial charge >= 0.3 is 0 Å². The van der Waals surface area contributed by atoms with Crippen molar-refractivity contribution in [1.29, 1.82) is 0 Å². The molecule has 0 atom stereocenters. The van der Waals surface area contributed by atoms with Gasteiger partial charge in [-0.1, -0.05) is 12.1 Å². The molecule has 0 radical (unpaired) electrons. The van der Waals surface area contributed by atoms with E-state index in [0.29, 0.717) is 17.8 Å². The first-order valence-electron chi connectivity index (χ1n) is 9.85. The van der Waals surface area contributed by atoms with Crippen LogP contribution in [-0.2, 0) is 6.54 Å². The van der Waals surface area contributed by atoms with Gasteiger partial charge < -0.3 is 10.1 Å². The number of aryl methyl sites for hydroxylation is 1. The Hall–Kier alpha value is -3.48. The SMILES string of the molecule is COc1ccc(CNc2cc3c(nc2-c2cccnc2F)c(C)nn3C(C)C)cc1.